The zero-order valence-electron chi connectivity index (χ0n) is 33.2. The molecule has 39 heavy (non-hydrogen) atoms. The first-order valence-electron chi connectivity index (χ1n) is 18.8. The molecule has 0 spiro atoms. The van der Waals surface area contributed by atoms with Crippen molar-refractivity contribution in [2.75, 3.05) is 0 Å². The van der Waals surface area contributed by atoms with Crippen LogP contribution in [0.15, 0.2) is 145 Å². The number of fused-ring (bicyclic) bond motifs is 4. The fourth-order valence-corrected chi connectivity index (χ4v) is 5.26. The van der Waals surface area contributed by atoms with Gasteiger partial charge in [-0.2, -0.15) is 0 Å². The summed E-state index contributed by atoms with van der Waals surface area (Å²) in [5, 5.41) is 1.37. The van der Waals surface area contributed by atoms with Crippen molar-refractivity contribution in [2.24, 2.45) is 0 Å². The van der Waals surface area contributed by atoms with E-state index in [0.717, 1.165) is 10.8 Å². The van der Waals surface area contributed by atoms with Crippen molar-refractivity contribution >= 4 is 43.4 Å². The third-order valence-corrected chi connectivity index (χ3v) is 6.91. The van der Waals surface area contributed by atoms with Gasteiger partial charge in [0, 0.05) is 11.3 Å². The van der Waals surface area contributed by atoms with E-state index in [9.17, 15) is 5.48 Å². The molecule has 0 saturated carbocycles. The quantitative estimate of drug-likeness (QED) is 0.217. The molecule has 0 fully saturated rings. The number of rotatable bonds is 3. The van der Waals surface area contributed by atoms with Crippen LogP contribution in [-0.2, 0) is 0 Å². The SMILES string of the molecule is [2H]c1c([2H])c([2H])c(-n2c(-c3c4c([2H])c([2H])c([2H])c([2H])c4c(-c4ccc5ccccc5c4)c4c([2H])c([2H])c([2H])c([2H])c34)nc3ccccc32)c([2H])c1[2H]. The van der Waals surface area contributed by atoms with Crippen LogP contribution in [0.4, 0.5) is 0 Å². The van der Waals surface area contributed by atoms with Crippen LogP contribution in [-0.4, -0.2) is 9.55 Å². The summed E-state index contributed by atoms with van der Waals surface area (Å²) in [4.78, 5) is 4.83. The Bertz CT molecular complexity index is 2790. The summed E-state index contributed by atoms with van der Waals surface area (Å²) in [5.74, 6) is -0.144. The normalized spacial score (nSPS) is 16.3. The summed E-state index contributed by atoms with van der Waals surface area (Å²) in [6, 6.07) is 12.2. The van der Waals surface area contributed by atoms with E-state index in [0.29, 0.717) is 11.1 Å². The van der Waals surface area contributed by atoms with Crippen LogP contribution < -0.4 is 0 Å². The van der Waals surface area contributed by atoms with Gasteiger partial charge < -0.3 is 0 Å². The molecule has 2 heteroatoms. The standard InChI is InChI=1S/C37H24N2/c1-2-14-28(15-3-1)39-34-21-11-10-20-33(34)38-37(39)36-31-18-8-6-16-29(31)35(30-17-7-9-19-32(30)36)27-23-22-25-12-4-5-13-26(25)24-27/h1-24H/i1D,2D,3D,6D,7D,8D,9D,14D,15D,16D,17D,18D,19D. The Kier molecular flexibility index (Phi) is 2.79. The lowest BCUT2D eigenvalue weighted by Crippen LogP contribution is -1.99. The zero-order chi connectivity index (χ0) is 37.1. The molecule has 1 aromatic heterocycles. The van der Waals surface area contributed by atoms with Crippen LogP contribution in [0.2, 0.25) is 0 Å². The highest BCUT2D eigenvalue weighted by Gasteiger charge is 2.21. The molecule has 1 heterocycles. The molecule has 0 aliphatic heterocycles. The summed E-state index contributed by atoms with van der Waals surface area (Å²) >= 11 is 0. The monoisotopic (exact) mass is 509 g/mol. The van der Waals surface area contributed by atoms with Crippen LogP contribution in [0.3, 0.4) is 0 Å². The van der Waals surface area contributed by atoms with E-state index in [1.165, 1.54) is 4.57 Å². The Hall–Kier alpha value is -5.21. The van der Waals surface area contributed by atoms with Crippen LogP contribution >= 0.6 is 0 Å². The minimum Gasteiger partial charge on any atom is -0.292 e. The number of benzene rings is 7. The molecule has 0 aliphatic carbocycles. The molecule has 7 aromatic carbocycles. The van der Waals surface area contributed by atoms with Crippen molar-refractivity contribution in [3.63, 3.8) is 0 Å². The van der Waals surface area contributed by atoms with Crippen molar-refractivity contribution in [2.45, 2.75) is 0 Å². The molecule has 2 nitrogen and oxygen atoms in total. The summed E-state index contributed by atoms with van der Waals surface area (Å²) in [7, 11) is 0. The third-order valence-electron chi connectivity index (χ3n) is 6.91. The van der Waals surface area contributed by atoms with E-state index in [1.807, 2.05) is 30.3 Å². The van der Waals surface area contributed by atoms with E-state index in [4.69, 9.17) is 17.3 Å². The molecule has 0 N–H and O–H groups in total. The van der Waals surface area contributed by atoms with Gasteiger partial charge in [-0.25, -0.2) is 4.98 Å². The topological polar surface area (TPSA) is 17.8 Å². The van der Waals surface area contributed by atoms with Gasteiger partial charge in [-0.05, 0) is 73.7 Å². The van der Waals surface area contributed by atoms with Crippen molar-refractivity contribution in [3.8, 4) is 28.2 Å². The Morgan fingerprint density at radius 3 is 1.85 bits per heavy atom. The van der Waals surface area contributed by atoms with Gasteiger partial charge in [0.15, 0.2) is 0 Å². The summed E-state index contributed by atoms with van der Waals surface area (Å²) in [6.07, 6.45) is 0. The van der Waals surface area contributed by atoms with Gasteiger partial charge in [-0.1, -0.05) is 115 Å². The maximum Gasteiger partial charge on any atom is 0.146 e. The van der Waals surface area contributed by atoms with Crippen molar-refractivity contribution in [1.29, 1.82) is 0 Å². The number of hydrogen-bond donors (Lipinski definition) is 0. The Labute approximate surface area is 244 Å². The first-order chi connectivity index (χ1) is 24.8. The molecular weight excluding hydrogens is 472 g/mol. The molecular formula is C37H24N2. The molecule has 0 atom stereocenters. The van der Waals surface area contributed by atoms with E-state index >= 15 is 0 Å². The van der Waals surface area contributed by atoms with Crippen LogP contribution in [0.25, 0.3) is 71.6 Å². The average Bonchev–Trinajstić information content (AvgIpc) is 3.53. The predicted octanol–water partition coefficient (Wildman–Crippen LogP) is 9.82. The average molecular weight is 510 g/mol. The minimum absolute atomic E-state index is 0.0338. The zero-order valence-corrected chi connectivity index (χ0v) is 20.2. The smallest absolute Gasteiger partial charge is 0.146 e. The number of hydrogen-bond acceptors (Lipinski definition) is 1. The Balaban J connectivity index is 1.71. The number of aromatic nitrogens is 2. The second-order valence-corrected chi connectivity index (χ2v) is 9.05. The van der Waals surface area contributed by atoms with E-state index in [2.05, 4.69) is 0 Å². The molecule has 0 radical (unpaired) electrons. The molecule has 0 aliphatic rings. The maximum absolute atomic E-state index is 9.31. The summed E-state index contributed by atoms with van der Waals surface area (Å²) < 4.78 is 116. The third kappa shape index (κ3) is 3.39. The Morgan fingerprint density at radius 2 is 1.13 bits per heavy atom. The maximum atomic E-state index is 9.31. The molecule has 8 aromatic rings. The number of imidazole rings is 1. The minimum atomic E-state index is -0.622. The van der Waals surface area contributed by atoms with E-state index < -0.39 is 78.6 Å². The molecule has 182 valence electrons. The fraction of sp³-hybridized carbons (Fsp3) is 0. The van der Waals surface area contributed by atoms with Crippen molar-refractivity contribution < 1.29 is 17.8 Å². The number of nitrogens with zero attached hydrogens (tertiary/aromatic N) is 2. The van der Waals surface area contributed by atoms with Gasteiger partial charge in [0.25, 0.3) is 0 Å². The first kappa shape index (κ1) is 12.6. The lowest BCUT2D eigenvalue weighted by Gasteiger charge is -2.18. The highest BCUT2D eigenvalue weighted by molar-refractivity contribution is 6.21. The van der Waals surface area contributed by atoms with Gasteiger partial charge in [0.1, 0.15) is 5.82 Å². The van der Waals surface area contributed by atoms with Gasteiger partial charge >= 0.3 is 0 Å². The van der Waals surface area contributed by atoms with Crippen LogP contribution in [0.1, 0.15) is 17.8 Å². The number of para-hydroxylation sites is 3. The second kappa shape index (κ2) is 8.68. The first-order valence-corrected chi connectivity index (χ1v) is 12.3. The lowest BCUT2D eigenvalue weighted by atomic mass is 9.87. The van der Waals surface area contributed by atoms with E-state index in [1.54, 1.807) is 36.4 Å². The fourth-order valence-electron chi connectivity index (χ4n) is 5.26. The second-order valence-electron chi connectivity index (χ2n) is 9.05. The van der Waals surface area contributed by atoms with Crippen LogP contribution in [0, 0.1) is 0 Å². The molecule has 0 amide bonds. The molecule has 8 rings (SSSR count). The lowest BCUT2D eigenvalue weighted by molar-refractivity contribution is 1.11. The highest BCUT2D eigenvalue weighted by Crippen LogP contribution is 2.44. The largest absolute Gasteiger partial charge is 0.292 e. The molecule has 0 bridgehead atoms. The summed E-state index contributed by atoms with van der Waals surface area (Å²) in [6.45, 7) is 0. The molecule has 0 unspecified atom stereocenters. The van der Waals surface area contributed by atoms with Gasteiger partial charge in [0.05, 0.1) is 28.9 Å². The van der Waals surface area contributed by atoms with Gasteiger partial charge in [0.2, 0.25) is 0 Å². The van der Waals surface area contributed by atoms with Crippen molar-refractivity contribution in [1.82, 2.24) is 9.55 Å². The van der Waals surface area contributed by atoms with Crippen molar-refractivity contribution in [3.05, 3.63) is 145 Å². The van der Waals surface area contributed by atoms with Gasteiger partial charge in [-0.15, -0.1) is 0 Å². The van der Waals surface area contributed by atoms with E-state index in [-0.39, 0.29) is 49.7 Å². The Morgan fingerprint density at radius 1 is 0.538 bits per heavy atom. The predicted molar refractivity (Wildman–Crippen MR) is 164 cm³/mol. The summed E-state index contributed by atoms with van der Waals surface area (Å²) in [5.41, 5.74) is 0.773. The molecule has 0 saturated heterocycles. The van der Waals surface area contributed by atoms with Crippen LogP contribution in [0.5, 0.6) is 0 Å². The highest BCUT2D eigenvalue weighted by atomic mass is 15.1. The van der Waals surface area contributed by atoms with Gasteiger partial charge in [-0.3, -0.25) is 4.57 Å².